The maximum atomic E-state index is 11.8. The molecule has 0 radical (unpaired) electrons. The van der Waals surface area contributed by atoms with E-state index in [2.05, 4.69) is 20.1 Å². The van der Waals surface area contributed by atoms with Crippen LogP contribution < -0.4 is 0 Å². The molecule has 0 amide bonds. The summed E-state index contributed by atoms with van der Waals surface area (Å²) in [6.07, 6.45) is 5.23. The first-order valence-corrected chi connectivity index (χ1v) is 7.81. The molecule has 0 aliphatic heterocycles. The molecule has 0 atom stereocenters. The van der Waals surface area contributed by atoms with Crippen LogP contribution in [0.2, 0.25) is 0 Å². The smallest absolute Gasteiger partial charge is 0.310 e. The molecule has 0 spiro atoms. The van der Waals surface area contributed by atoms with E-state index in [0.29, 0.717) is 5.69 Å². The van der Waals surface area contributed by atoms with Crippen molar-refractivity contribution in [2.75, 3.05) is 7.11 Å². The molecule has 3 aromatic heterocycles. The second-order valence-corrected chi connectivity index (χ2v) is 5.82. The molecule has 23 heavy (non-hydrogen) atoms. The summed E-state index contributed by atoms with van der Waals surface area (Å²) in [4.78, 5) is 24.6. The zero-order valence-corrected chi connectivity index (χ0v) is 13.8. The van der Waals surface area contributed by atoms with E-state index in [1.54, 1.807) is 28.8 Å². The number of carbonyl (C=O) groups excluding carboxylic acids is 1. The van der Waals surface area contributed by atoms with Crippen LogP contribution in [0.1, 0.15) is 17.0 Å². The number of ether oxygens (including phenoxy) is 1. The van der Waals surface area contributed by atoms with E-state index in [0.717, 1.165) is 27.6 Å². The minimum atomic E-state index is -0.321. The first-order valence-electron chi connectivity index (χ1n) is 6.93. The van der Waals surface area contributed by atoms with Crippen LogP contribution in [0.5, 0.6) is 0 Å². The number of thiazole rings is 1. The van der Waals surface area contributed by atoms with Crippen molar-refractivity contribution in [1.29, 1.82) is 0 Å². The predicted molar refractivity (Wildman–Crippen MR) is 85.5 cm³/mol. The topological polar surface area (TPSA) is 82.8 Å². The van der Waals surface area contributed by atoms with E-state index < -0.39 is 0 Å². The molecule has 3 aromatic rings. The van der Waals surface area contributed by atoms with Gasteiger partial charge in [0.15, 0.2) is 0 Å². The summed E-state index contributed by atoms with van der Waals surface area (Å²) in [5.74, 6) is -0.321. The Hall–Kier alpha value is -2.61. The molecule has 0 fully saturated rings. The zero-order valence-electron chi connectivity index (χ0n) is 13.0. The van der Waals surface area contributed by atoms with Crippen LogP contribution in [0.25, 0.3) is 16.4 Å². The van der Waals surface area contributed by atoms with Gasteiger partial charge in [0.2, 0.25) is 0 Å². The monoisotopic (exact) mass is 329 g/mol. The Balaban J connectivity index is 2.19. The summed E-state index contributed by atoms with van der Waals surface area (Å²) in [5, 5.41) is 5.40. The number of rotatable bonds is 4. The third kappa shape index (κ3) is 2.98. The number of hydrogen-bond donors (Lipinski definition) is 0. The minimum Gasteiger partial charge on any atom is -0.469 e. The first kappa shape index (κ1) is 15.3. The molecule has 0 bridgehead atoms. The van der Waals surface area contributed by atoms with Gasteiger partial charge in [0, 0.05) is 11.8 Å². The third-order valence-corrected chi connectivity index (χ3v) is 4.13. The second kappa shape index (κ2) is 6.25. The van der Waals surface area contributed by atoms with Gasteiger partial charge in [-0.15, -0.1) is 11.3 Å². The van der Waals surface area contributed by atoms with Gasteiger partial charge in [-0.25, -0.2) is 4.68 Å². The maximum Gasteiger partial charge on any atom is 0.310 e. The summed E-state index contributed by atoms with van der Waals surface area (Å²) in [6, 6.07) is 0. The molecule has 3 heterocycles. The number of nitrogens with zero attached hydrogens (tertiary/aromatic N) is 5. The summed E-state index contributed by atoms with van der Waals surface area (Å²) >= 11 is 1.46. The number of esters is 1. The fraction of sp³-hybridized carbons (Fsp3) is 0.267. The van der Waals surface area contributed by atoms with E-state index in [1.807, 2.05) is 13.8 Å². The second-order valence-electron chi connectivity index (χ2n) is 4.96. The summed E-state index contributed by atoms with van der Waals surface area (Å²) in [5.41, 5.74) is 5.48. The Kier molecular flexibility index (Phi) is 4.16. The van der Waals surface area contributed by atoms with Crippen molar-refractivity contribution >= 4 is 17.3 Å². The Morgan fingerprint density at radius 1 is 1.26 bits per heavy atom. The molecule has 0 aliphatic rings. The van der Waals surface area contributed by atoms with Crippen LogP contribution in [0, 0.1) is 13.8 Å². The van der Waals surface area contributed by atoms with Crippen LogP contribution in [-0.2, 0) is 16.0 Å². The van der Waals surface area contributed by atoms with Crippen molar-refractivity contribution in [3.8, 4) is 16.4 Å². The molecular formula is C15H15N5O2S. The Bertz CT molecular complexity index is 824. The maximum absolute atomic E-state index is 11.8. The van der Waals surface area contributed by atoms with Crippen LogP contribution in [0.4, 0.5) is 0 Å². The lowest BCUT2D eigenvalue weighted by Crippen LogP contribution is -2.07. The molecule has 0 N–H and O–H groups in total. The molecule has 0 aromatic carbocycles. The molecule has 0 aliphatic carbocycles. The van der Waals surface area contributed by atoms with Crippen molar-refractivity contribution in [2.24, 2.45) is 0 Å². The molecular weight excluding hydrogens is 314 g/mol. The van der Waals surface area contributed by atoms with Crippen LogP contribution in [0.3, 0.4) is 0 Å². The normalized spacial score (nSPS) is 10.7. The van der Waals surface area contributed by atoms with Gasteiger partial charge < -0.3 is 4.74 Å². The van der Waals surface area contributed by atoms with Gasteiger partial charge in [-0.3, -0.25) is 19.7 Å². The van der Waals surface area contributed by atoms with E-state index in [4.69, 9.17) is 4.74 Å². The largest absolute Gasteiger partial charge is 0.469 e. The summed E-state index contributed by atoms with van der Waals surface area (Å²) < 4.78 is 6.55. The average Bonchev–Trinajstić information content (AvgIpc) is 3.17. The molecule has 0 saturated carbocycles. The molecule has 7 nitrogen and oxygen atoms in total. The van der Waals surface area contributed by atoms with E-state index in [9.17, 15) is 4.79 Å². The highest BCUT2D eigenvalue weighted by molar-refractivity contribution is 7.12. The summed E-state index contributed by atoms with van der Waals surface area (Å²) in [6.45, 7) is 3.73. The van der Waals surface area contributed by atoms with Crippen LogP contribution >= 0.6 is 11.3 Å². The van der Waals surface area contributed by atoms with Crippen LogP contribution in [0.15, 0.2) is 24.1 Å². The lowest BCUT2D eigenvalue weighted by molar-refractivity contribution is -0.139. The lowest BCUT2D eigenvalue weighted by atomic mass is 10.1. The number of carbonyl (C=O) groups is 1. The standard InChI is InChI=1S/C15H15N5O2S/c1-9-5-18-12(6-17-9)15-11(4-14(21)22-3)10(2)19-20(15)13-7-16-8-23-13/h5-8H,4H2,1-3H3. The van der Waals surface area contributed by atoms with Gasteiger partial charge in [0.05, 0.1) is 48.5 Å². The number of aromatic nitrogens is 5. The van der Waals surface area contributed by atoms with Crippen LogP contribution in [-0.4, -0.2) is 37.8 Å². The zero-order chi connectivity index (χ0) is 16.4. The number of aryl methyl sites for hydroxylation is 2. The van der Waals surface area contributed by atoms with Gasteiger partial charge >= 0.3 is 5.97 Å². The highest BCUT2D eigenvalue weighted by atomic mass is 32.1. The van der Waals surface area contributed by atoms with Crippen molar-refractivity contribution < 1.29 is 9.53 Å². The van der Waals surface area contributed by atoms with E-state index in [1.165, 1.54) is 18.4 Å². The molecule has 0 unspecified atom stereocenters. The van der Waals surface area contributed by atoms with Crippen molar-refractivity contribution in [3.63, 3.8) is 0 Å². The Morgan fingerprint density at radius 2 is 2.09 bits per heavy atom. The predicted octanol–water partition coefficient (Wildman–Crippen LogP) is 2.12. The van der Waals surface area contributed by atoms with Gasteiger partial charge in [-0.2, -0.15) is 5.10 Å². The Morgan fingerprint density at radius 3 is 2.70 bits per heavy atom. The van der Waals surface area contributed by atoms with Gasteiger partial charge in [-0.1, -0.05) is 0 Å². The van der Waals surface area contributed by atoms with E-state index >= 15 is 0 Å². The number of hydrogen-bond acceptors (Lipinski definition) is 7. The third-order valence-electron chi connectivity index (χ3n) is 3.38. The number of methoxy groups -OCH3 is 1. The van der Waals surface area contributed by atoms with Gasteiger partial charge in [0.25, 0.3) is 0 Å². The molecule has 3 rings (SSSR count). The Labute approximate surface area is 137 Å². The van der Waals surface area contributed by atoms with Gasteiger partial charge in [0.1, 0.15) is 10.7 Å². The van der Waals surface area contributed by atoms with E-state index in [-0.39, 0.29) is 12.4 Å². The molecule has 0 saturated heterocycles. The highest BCUT2D eigenvalue weighted by Crippen LogP contribution is 2.29. The first-order chi connectivity index (χ1) is 11.1. The van der Waals surface area contributed by atoms with Gasteiger partial charge in [-0.05, 0) is 13.8 Å². The molecule has 118 valence electrons. The average molecular weight is 329 g/mol. The lowest BCUT2D eigenvalue weighted by Gasteiger charge is -2.07. The molecule has 8 heteroatoms. The fourth-order valence-corrected chi connectivity index (χ4v) is 2.82. The highest BCUT2D eigenvalue weighted by Gasteiger charge is 2.22. The SMILES string of the molecule is COC(=O)Cc1c(C)nn(-c2cncs2)c1-c1cnc(C)cn1. The van der Waals surface area contributed by atoms with Crippen molar-refractivity contribution in [2.45, 2.75) is 20.3 Å². The fourth-order valence-electron chi connectivity index (χ4n) is 2.24. The quantitative estimate of drug-likeness (QED) is 0.682. The summed E-state index contributed by atoms with van der Waals surface area (Å²) in [7, 11) is 1.37. The van der Waals surface area contributed by atoms with Crippen molar-refractivity contribution in [3.05, 3.63) is 41.1 Å². The minimum absolute atomic E-state index is 0.131. The van der Waals surface area contributed by atoms with Crippen molar-refractivity contribution in [1.82, 2.24) is 24.7 Å².